The van der Waals surface area contributed by atoms with Crippen LogP contribution in [0.3, 0.4) is 0 Å². The Hall–Kier alpha value is -2.58. The van der Waals surface area contributed by atoms with E-state index in [2.05, 4.69) is 15.5 Å². The van der Waals surface area contributed by atoms with Gasteiger partial charge in [0.05, 0.1) is 23.6 Å². The van der Waals surface area contributed by atoms with Crippen LogP contribution in [0.5, 0.6) is 5.75 Å². The number of anilines is 1. The molecule has 0 aliphatic heterocycles. The van der Waals surface area contributed by atoms with Crippen LogP contribution < -0.4 is 10.1 Å². The number of ether oxygens (including phenoxy) is 1. The molecule has 0 bridgehead atoms. The van der Waals surface area contributed by atoms with Gasteiger partial charge in [0.25, 0.3) is 0 Å². The van der Waals surface area contributed by atoms with Gasteiger partial charge in [-0.15, -0.1) is 11.8 Å². The Balaban J connectivity index is 1.50. The Morgan fingerprint density at radius 3 is 2.93 bits per heavy atom. The van der Waals surface area contributed by atoms with Crippen molar-refractivity contribution in [1.29, 1.82) is 0 Å². The SMILES string of the molecule is COc1ccc(NC(=O)CSCc2nc(-c3cccc(F)c3)no2)cc1Cl. The van der Waals surface area contributed by atoms with Gasteiger partial charge in [0, 0.05) is 11.3 Å². The van der Waals surface area contributed by atoms with Gasteiger partial charge in [-0.1, -0.05) is 28.9 Å². The summed E-state index contributed by atoms with van der Waals surface area (Å²) in [5.74, 6) is 1.20. The number of amides is 1. The molecule has 0 atom stereocenters. The monoisotopic (exact) mass is 407 g/mol. The molecule has 1 amide bonds. The highest BCUT2D eigenvalue weighted by Gasteiger charge is 2.11. The number of carbonyl (C=O) groups is 1. The molecule has 1 N–H and O–H groups in total. The normalized spacial score (nSPS) is 10.6. The van der Waals surface area contributed by atoms with Gasteiger partial charge in [-0.3, -0.25) is 4.79 Å². The van der Waals surface area contributed by atoms with E-state index in [1.165, 1.54) is 31.0 Å². The number of thioether (sulfide) groups is 1. The summed E-state index contributed by atoms with van der Waals surface area (Å²) in [6, 6.07) is 10.9. The fourth-order valence-electron chi connectivity index (χ4n) is 2.23. The fraction of sp³-hybridized carbons (Fsp3) is 0.167. The van der Waals surface area contributed by atoms with Gasteiger partial charge < -0.3 is 14.6 Å². The van der Waals surface area contributed by atoms with Gasteiger partial charge >= 0.3 is 0 Å². The quantitative estimate of drug-likeness (QED) is 0.625. The summed E-state index contributed by atoms with van der Waals surface area (Å²) in [5, 5.41) is 6.99. The van der Waals surface area contributed by atoms with Crippen LogP contribution in [0.2, 0.25) is 5.02 Å². The average Bonchev–Trinajstić information content (AvgIpc) is 3.11. The van der Waals surface area contributed by atoms with Gasteiger partial charge in [0.1, 0.15) is 11.6 Å². The number of nitrogens with one attached hydrogen (secondary N) is 1. The van der Waals surface area contributed by atoms with Crippen molar-refractivity contribution in [2.75, 3.05) is 18.2 Å². The lowest BCUT2D eigenvalue weighted by atomic mass is 10.2. The van der Waals surface area contributed by atoms with E-state index in [1.54, 1.807) is 30.3 Å². The molecule has 1 heterocycles. The van der Waals surface area contributed by atoms with E-state index in [4.69, 9.17) is 20.9 Å². The van der Waals surface area contributed by atoms with E-state index in [0.29, 0.717) is 39.5 Å². The smallest absolute Gasteiger partial charge is 0.236 e. The third-order valence-electron chi connectivity index (χ3n) is 3.45. The topological polar surface area (TPSA) is 77.2 Å². The van der Waals surface area contributed by atoms with Crippen LogP contribution in [0.25, 0.3) is 11.4 Å². The third-order valence-corrected chi connectivity index (χ3v) is 4.66. The zero-order chi connectivity index (χ0) is 19.2. The number of hydrogen-bond acceptors (Lipinski definition) is 6. The maximum atomic E-state index is 13.2. The van der Waals surface area contributed by atoms with E-state index >= 15 is 0 Å². The number of carbonyl (C=O) groups excluding carboxylic acids is 1. The van der Waals surface area contributed by atoms with Crippen LogP contribution in [0.1, 0.15) is 5.89 Å². The van der Waals surface area contributed by atoms with E-state index in [9.17, 15) is 9.18 Å². The number of halogens is 2. The van der Waals surface area contributed by atoms with Gasteiger partial charge in [0.15, 0.2) is 0 Å². The minimum atomic E-state index is -0.372. The maximum absolute atomic E-state index is 13.2. The molecular formula is C18H15ClFN3O3S. The number of nitrogens with zero attached hydrogens (tertiary/aromatic N) is 2. The second kappa shape index (κ2) is 8.88. The molecule has 0 fully saturated rings. The molecule has 0 aliphatic carbocycles. The predicted octanol–water partition coefficient (Wildman–Crippen LogP) is 4.41. The summed E-state index contributed by atoms with van der Waals surface area (Å²) >= 11 is 7.34. The van der Waals surface area contributed by atoms with E-state index in [0.717, 1.165) is 0 Å². The van der Waals surface area contributed by atoms with Crippen molar-refractivity contribution < 1.29 is 18.4 Å². The lowest BCUT2D eigenvalue weighted by molar-refractivity contribution is -0.113. The molecule has 6 nitrogen and oxygen atoms in total. The van der Waals surface area contributed by atoms with Crippen molar-refractivity contribution in [3.63, 3.8) is 0 Å². The van der Waals surface area contributed by atoms with Gasteiger partial charge in [-0.05, 0) is 30.3 Å². The molecule has 0 saturated carbocycles. The number of aromatic nitrogens is 2. The van der Waals surface area contributed by atoms with Crippen LogP contribution >= 0.6 is 23.4 Å². The van der Waals surface area contributed by atoms with Gasteiger partial charge in [0.2, 0.25) is 17.6 Å². The largest absolute Gasteiger partial charge is 0.495 e. The minimum Gasteiger partial charge on any atom is -0.495 e. The lowest BCUT2D eigenvalue weighted by Crippen LogP contribution is -2.14. The fourth-order valence-corrected chi connectivity index (χ4v) is 3.14. The Bertz CT molecular complexity index is 951. The van der Waals surface area contributed by atoms with Gasteiger partial charge in [-0.25, -0.2) is 4.39 Å². The first-order valence-electron chi connectivity index (χ1n) is 7.85. The molecule has 27 heavy (non-hydrogen) atoms. The van der Waals surface area contributed by atoms with Crippen molar-refractivity contribution in [3.8, 4) is 17.1 Å². The summed E-state index contributed by atoms with van der Waals surface area (Å²) in [4.78, 5) is 16.2. The molecule has 0 saturated heterocycles. The number of hydrogen-bond donors (Lipinski definition) is 1. The molecule has 0 radical (unpaired) electrons. The summed E-state index contributed by atoms with van der Waals surface area (Å²) in [7, 11) is 1.52. The number of methoxy groups -OCH3 is 1. The van der Waals surface area contributed by atoms with Crippen LogP contribution in [-0.2, 0) is 10.5 Å². The van der Waals surface area contributed by atoms with Gasteiger partial charge in [-0.2, -0.15) is 4.98 Å². The molecule has 9 heteroatoms. The van der Waals surface area contributed by atoms with Crippen LogP contribution in [0, 0.1) is 5.82 Å². The summed E-state index contributed by atoms with van der Waals surface area (Å²) < 4.78 is 23.4. The Labute approximate surface area is 164 Å². The first-order valence-corrected chi connectivity index (χ1v) is 9.38. The Morgan fingerprint density at radius 1 is 1.33 bits per heavy atom. The van der Waals surface area contributed by atoms with E-state index in [-0.39, 0.29) is 17.5 Å². The zero-order valence-electron chi connectivity index (χ0n) is 14.2. The lowest BCUT2D eigenvalue weighted by Gasteiger charge is -2.07. The average molecular weight is 408 g/mol. The highest BCUT2D eigenvalue weighted by atomic mass is 35.5. The molecule has 0 aliphatic rings. The molecule has 140 valence electrons. The molecule has 1 aromatic heterocycles. The van der Waals surface area contributed by atoms with Crippen molar-refractivity contribution in [2.45, 2.75) is 5.75 Å². The van der Waals surface area contributed by atoms with E-state index < -0.39 is 0 Å². The molecule has 2 aromatic carbocycles. The highest BCUT2D eigenvalue weighted by Crippen LogP contribution is 2.27. The van der Waals surface area contributed by atoms with Crippen LogP contribution in [0.15, 0.2) is 47.0 Å². The second-order valence-electron chi connectivity index (χ2n) is 5.41. The summed E-state index contributed by atoms with van der Waals surface area (Å²) in [5.41, 5.74) is 1.11. The molecule has 3 aromatic rings. The molecule has 0 spiro atoms. The highest BCUT2D eigenvalue weighted by molar-refractivity contribution is 7.99. The number of rotatable bonds is 7. The predicted molar refractivity (Wildman–Crippen MR) is 102 cm³/mol. The van der Waals surface area contributed by atoms with Crippen molar-refractivity contribution in [3.05, 3.63) is 59.2 Å². The second-order valence-corrected chi connectivity index (χ2v) is 6.81. The van der Waals surface area contributed by atoms with Crippen molar-refractivity contribution in [2.24, 2.45) is 0 Å². The van der Waals surface area contributed by atoms with Crippen molar-refractivity contribution >= 4 is 35.0 Å². The minimum absolute atomic E-state index is 0.189. The Kier molecular flexibility index (Phi) is 6.31. The summed E-state index contributed by atoms with van der Waals surface area (Å²) in [6.07, 6.45) is 0. The van der Waals surface area contributed by atoms with Crippen LogP contribution in [-0.4, -0.2) is 28.9 Å². The zero-order valence-corrected chi connectivity index (χ0v) is 15.8. The van der Waals surface area contributed by atoms with Crippen LogP contribution in [0.4, 0.5) is 10.1 Å². The molecule has 3 rings (SSSR count). The molecular weight excluding hydrogens is 393 g/mol. The third kappa shape index (κ3) is 5.21. The van der Waals surface area contributed by atoms with Crippen molar-refractivity contribution in [1.82, 2.24) is 10.1 Å². The standard InChI is InChI=1S/C18H15ClFN3O3S/c1-25-15-6-5-13(8-14(15)19)21-16(24)9-27-10-17-22-18(23-26-17)11-3-2-4-12(20)7-11/h2-8H,9-10H2,1H3,(H,21,24). The maximum Gasteiger partial charge on any atom is 0.236 e. The first kappa shape index (κ1) is 19.2. The first-order chi connectivity index (χ1) is 13.0. The Morgan fingerprint density at radius 2 is 2.19 bits per heavy atom. The molecule has 0 unspecified atom stereocenters. The number of benzene rings is 2. The summed E-state index contributed by atoms with van der Waals surface area (Å²) in [6.45, 7) is 0. The van der Waals surface area contributed by atoms with E-state index in [1.807, 2.05) is 0 Å².